The van der Waals surface area contributed by atoms with Crippen LogP contribution < -0.4 is 5.73 Å². The van der Waals surface area contributed by atoms with Crippen molar-refractivity contribution >= 4 is 5.91 Å². The third kappa shape index (κ3) is 2.82. The number of hydrogen-bond acceptors (Lipinski definition) is 4. The molecule has 6 nitrogen and oxygen atoms in total. The second-order valence-corrected chi connectivity index (χ2v) is 7.04. The molecule has 1 aromatic heterocycles. The van der Waals surface area contributed by atoms with Crippen LogP contribution in [0.1, 0.15) is 48.3 Å². The molecule has 0 radical (unpaired) electrons. The summed E-state index contributed by atoms with van der Waals surface area (Å²) in [6, 6.07) is 7.84. The van der Waals surface area contributed by atoms with Gasteiger partial charge in [-0.15, -0.1) is 0 Å². The number of amides is 1. The van der Waals surface area contributed by atoms with Crippen molar-refractivity contribution in [3.8, 4) is 11.4 Å². The lowest BCUT2D eigenvalue weighted by molar-refractivity contribution is 0.0743. The van der Waals surface area contributed by atoms with Crippen molar-refractivity contribution in [3.63, 3.8) is 0 Å². The summed E-state index contributed by atoms with van der Waals surface area (Å²) in [6.45, 7) is 3.49. The molecule has 2 atom stereocenters. The predicted octanol–water partition coefficient (Wildman–Crippen LogP) is 2.16. The van der Waals surface area contributed by atoms with Crippen LogP contribution in [0.2, 0.25) is 0 Å². The van der Waals surface area contributed by atoms with Crippen LogP contribution in [-0.4, -0.2) is 45.1 Å². The Morgan fingerprint density at radius 2 is 2.08 bits per heavy atom. The Balaban J connectivity index is 1.49. The molecule has 0 spiro atoms. The molecule has 1 amide bonds. The van der Waals surface area contributed by atoms with E-state index in [9.17, 15) is 4.79 Å². The molecule has 0 bridgehead atoms. The first-order valence-electron chi connectivity index (χ1n) is 8.69. The molecule has 2 heterocycles. The van der Waals surface area contributed by atoms with Gasteiger partial charge in [0, 0.05) is 29.6 Å². The molecule has 2 unspecified atom stereocenters. The molecule has 1 aliphatic heterocycles. The van der Waals surface area contributed by atoms with Gasteiger partial charge in [-0.2, -0.15) is 5.10 Å². The molecule has 2 aliphatic rings. The molecule has 1 aromatic carbocycles. The zero-order chi connectivity index (χ0) is 16.7. The zero-order valence-corrected chi connectivity index (χ0v) is 13.9. The van der Waals surface area contributed by atoms with Gasteiger partial charge in [0.15, 0.2) is 5.82 Å². The van der Waals surface area contributed by atoms with E-state index in [-0.39, 0.29) is 11.9 Å². The summed E-state index contributed by atoms with van der Waals surface area (Å²) in [7, 11) is 0. The first-order valence-corrected chi connectivity index (χ1v) is 8.69. The second-order valence-electron chi connectivity index (χ2n) is 7.04. The summed E-state index contributed by atoms with van der Waals surface area (Å²) in [5, 5.41) is 7.30. The lowest BCUT2D eigenvalue weighted by Crippen LogP contribution is -2.34. The fourth-order valence-electron chi connectivity index (χ4n) is 3.47. The van der Waals surface area contributed by atoms with Crippen molar-refractivity contribution in [3.05, 3.63) is 35.7 Å². The highest BCUT2D eigenvalue weighted by atomic mass is 16.2. The van der Waals surface area contributed by atoms with Crippen molar-refractivity contribution in [2.24, 2.45) is 11.7 Å². The summed E-state index contributed by atoms with van der Waals surface area (Å²) in [5.41, 5.74) is 7.40. The lowest BCUT2D eigenvalue weighted by atomic mass is 10.1. The largest absolute Gasteiger partial charge is 0.336 e. The maximum Gasteiger partial charge on any atom is 0.254 e. The number of carbonyl (C=O) groups excluding carboxylic acids is 1. The number of nitrogens with two attached hydrogens (primary N) is 1. The number of nitrogens with one attached hydrogen (secondary N) is 1. The quantitative estimate of drug-likeness (QED) is 0.901. The molecular weight excluding hydrogens is 302 g/mol. The second kappa shape index (κ2) is 6.02. The lowest BCUT2D eigenvalue weighted by Gasteiger charge is -2.21. The van der Waals surface area contributed by atoms with Gasteiger partial charge in [0.05, 0.1) is 0 Å². The van der Waals surface area contributed by atoms with Gasteiger partial charge in [-0.1, -0.05) is 12.1 Å². The van der Waals surface area contributed by atoms with E-state index in [4.69, 9.17) is 5.73 Å². The number of carbonyl (C=O) groups is 1. The molecular formula is C18H23N5O. The normalized spacial score (nSPS) is 23.7. The highest BCUT2D eigenvalue weighted by molar-refractivity contribution is 5.95. The summed E-state index contributed by atoms with van der Waals surface area (Å²) < 4.78 is 0. The highest BCUT2D eigenvalue weighted by Gasteiger charge is 2.32. The molecule has 4 rings (SSSR count). The van der Waals surface area contributed by atoms with E-state index in [0.29, 0.717) is 29.8 Å². The molecule has 1 saturated carbocycles. The Kier molecular flexibility index (Phi) is 3.84. The SMILES string of the molecule is CC1CC(CN)CN1C(=O)c1ccc(-c2n[nH]c(C3CC3)n2)cc1. The van der Waals surface area contributed by atoms with Crippen molar-refractivity contribution in [1.82, 2.24) is 20.1 Å². The van der Waals surface area contributed by atoms with E-state index in [2.05, 4.69) is 22.1 Å². The van der Waals surface area contributed by atoms with E-state index in [1.165, 1.54) is 12.8 Å². The topological polar surface area (TPSA) is 87.9 Å². The fraction of sp³-hybridized carbons (Fsp3) is 0.500. The molecule has 126 valence electrons. The summed E-state index contributed by atoms with van der Waals surface area (Å²) in [4.78, 5) is 19.2. The van der Waals surface area contributed by atoms with Crippen LogP contribution in [0.3, 0.4) is 0 Å². The van der Waals surface area contributed by atoms with Gasteiger partial charge in [0.25, 0.3) is 5.91 Å². The third-order valence-corrected chi connectivity index (χ3v) is 5.11. The minimum atomic E-state index is 0.0821. The number of benzene rings is 1. The van der Waals surface area contributed by atoms with Crippen LogP contribution in [-0.2, 0) is 0 Å². The number of aromatic amines is 1. The Labute approximate surface area is 141 Å². The van der Waals surface area contributed by atoms with Crippen LogP contribution in [0, 0.1) is 5.92 Å². The van der Waals surface area contributed by atoms with Crippen molar-refractivity contribution < 1.29 is 4.79 Å². The van der Waals surface area contributed by atoms with Gasteiger partial charge in [-0.3, -0.25) is 9.89 Å². The van der Waals surface area contributed by atoms with Gasteiger partial charge in [0.1, 0.15) is 5.82 Å². The summed E-state index contributed by atoms with van der Waals surface area (Å²) in [5.74, 6) is 2.73. The standard InChI is InChI=1S/C18H23N5O/c1-11-8-12(9-19)10-23(11)18(24)15-6-4-14(5-7-15)17-20-16(21-22-17)13-2-3-13/h4-7,11-13H,2-3,8-10,19H2,1H3,(H,20,21,22). The number of rotatable bonds is 4. The number of nitrogens with zero attached hydrogens (tertiary/aromatic N) is 3. The Hall–Kier alpha value is -2.21. The van der Waals surface area contributed by atoms with Gasteiger partial charge >= 0.3 is 0 Å². The van der Waals surface area contributed by atoms with E-state index >= 15 is 0 Å². The van der Waals surface area contributed by atoms with Crippen molar-refractivity contribution in [2.75, 3.05) is 13.1 Å². The van der Waals surface area contributed by atoms with Gasteiger partial charge < -0.3 is 10.6 Å². The Bertz CT molecular complexity index is 734. The Morgan fingerprint density at radius 3 is 2.71 bits per heavy atom. The average Bonchev–Trinajstić information content (AvgIpc) is 3.21. The molecule has 1 aliphatic carbocycles. The minimum absolute atomic E-state index is 0.0821. The molecule has 1 saturated heterocycles. The Morgan fingerprint density at radius 1 is 1.33 bits per heavy atom. The third-order valence-electron chi connectivity index (χ3n) is 5.11. The van der Waals surface area contributed by atoms with Crippen LogP contribution >= 0.6 is 0 Å². The van der Waals surface area contributed by atoms with E-state index < -0.39 is 0 Å². The number of likely N-dealkylation sites (tertiary alicyclic amines) is 1. The number of aromatic nitrogens is 3. The van der Waals surface area contributed by atoms with Crippen LogP contribution in [0.4, 0.5) is 0 Å². The maximum absolute atomic E-state index is 12.7. The van der Waals surface area contributed by atoms with Crippen LogP contribution in [0.15, 0.2) is 24.3 Å². The van der Waals surface area contributed by atoms with Gasteiger partial charge in [0.2, 0.25) is 0 Å². The predicted molar refractivity (Wildman–Crippen MR) is 91.5 cm³/mol. The highest BCUT2D eigenvalue weighted by Crippen LogP contribution is 2.38. The van der Waals surface area contributed by atoms with Crippen LogP contribution in [0.25, 0.3) is 11.4 Å². The smallest absolute Gasteiger partial charge is 0.254 e. The van der Waals surface area contributed by atoms with E-state index in [0.717, 1.165) is 24.4 Å². The monoisotopic (exact) mass is 325 g/mol. The molecule has 2 aromatic rings. The van der Waals surface area contributed by atoms with Crippen molar-refractivity contribution in [2.45, 2.75) is 38.1 Å². The molecule has 24 heavy (non-hydrogen) atoms. The van der Waals surface area contributed by atoms with E-state index in [1.807, 2.05) is 29.2 Å². The fourth-order valence-corrected chi connectivity index (χ4v) is 3.47. The maximum atomic E-state index is 12.7. The first kappa shape index (κ1) is 15.3. The van der Waals surface area contributed by atoms with Gasteiger partial charge in [-0.05, 0) is 50.8 Å². The average molecular weight is 325 g/mol. The van der Waals surface area contributed by atoms with Crippen molar-refractivity contribution in [1.29, 1.82) is 0 Å². The number of hydrogen-bond donors (Lipinski definition) is 2. The zero-order valence-electron chi connectivity index (χ0n) is 13.9. The number of H-pyrrole nitrogens is 1. The molecule has 6 heteroatoms. The molecule has 3 N–H and O–H groups in total. The molecule has 2 fully saturated rings. The summed E-state index contributed by atoms with van der Waals surface area (Å²) in [6.07, 6.45) is 3.38. The summed E-state index contributed by atoms with van der Waals surface area (Å²) >= 11 is 0. The van der Waals surface area contributed by atoms with E-state index in [1.54, 1.807) is 0 Å². The first-order chi connectivity index (χ1) is 11.7. The van der Waals surface area contributed by atoms with Gasteiger partial charge in [-0.25, -0.2) is 4.98 Å². The minimum Gasteiger partial charge on any atom is -0.336 e. The van der Waals surface area contributed by atoms with Crippen LogP contribution in [0.5, 0.6) is 0 Å².